The highest BCUT2D eigenvalue weighted by atomic mass is 35.5. The molecule has 2 aliphatic carbocycles. The Morgan fingerprint density at radius 1 is 1.09 bits per heavy atom. The maximum atomic E-state index is 13.1. The van der Waals surface area contributed by atoms with Crippen molar-refractivity contribution in [2.75, 3.05) is 6.54 Å². The van der Waals surface area contributed by atoms with Gasteiger partial charge < -0.3 is 5.32 Å². The Labute approximate surface area is 199 Å². The summed E-state index contributed by atoms with van der Waals surface area (Å²) in [5.74, 6) is 0.439. The first-order valence-electron chi connectivity index (χ1n) is 11.0. The lowest BCUT2D eigenvalue weighted by Crippen LogP contribution is -2.42. The van der Waals surface area contributed by atoms with Crippen molar-refractivity contribution in [1.82, 2.24) is 15.5 Å². The van der Waals surface area contributed by atoms with E-state index < -0.39 is 15.1 Å². The zero-order chi connectivity index (χ0) is 22.9. The molecule has 0 bridgehead atoms. The number of halogens is 2. The summed E-state index contributed by atoms with van der Waals surface area (Å²) in [6.45, 7) is 2.29. The fourth-order valence-electron chi connectivity index (χ4n) is 4.65. The summed E-state index contributed by atoms with van der Waals surface area (Å²) >= 11 is 12.1. The minimum Gasteiger partial charge on any atom is -0.351 e. The minimum absolute atomic E-state index is 0.0495. The quantitative estimate of drug-likeness (QED) is 0.581. The lowest BCUT2D eigenvalue weighted by molar-refractivity contribution is 0.0895. The smallest absolute Gasteiger partial charge is 0.252 e. The first-order valence-corrected chi connectivity index (χ1v) is 13.3. The fourth-order valence-corrected chi connectivity index (χ4v) is 6.75. The number of nitrogens with zero attached hydrogens (tertiary/aromatic N) is 2. The van der Waals surface area contributed by atoms with Crippen molar-refractivity contribution in [2.24, 2.45) is 11.3 Å². The zero-order valence-electron chi connectivity index (χ0n) is 18.0. The average Bonchev–Trinajstić information content (AvgIpc) is 3.56. The second kappa shape index (κ2) is 9.27. The van der Waals surface area contributed by atoms with Crippen molar-refractivity contribution in [3.05, 3.63) is 51.6 Å². The van der Waals surface area contributed by atoms with Gasteiger partial charge in [0.05, 0.1) is 21.5 Å². The van der Waals surface area contributed by atoms with E-state index in [0.717, 1.165) is 19.3 Å². The molecule has 0 spiro atoms. The van der Waals surface area contributed by atoms with Crippen molar-refractivity contribution >= 4 is 38.9 Å². The molecule has 1 aromatic carbocycles. The highest BCUT2D eigenvalue weighted by Gasteiger charge is 2.43. The number of sulfone groups is 1. The van der Waals surface area contributed by atoms with Gasteiger partial charge in [-0.1, -0.05) is 36.0 Å². The van der Waals surface area contributed by atoms with E-state index >= 15 is 0 Å². The Morgan fingerprint density at radius 2 is 1.81 bits per heavy atom. The van der Waals surface area contributed by atoms with Gasteiger partial charge in [0, 0.05) is 11.6 Å². The lowest BCUT2D eigenvalue weighted by Gasteiger charge is -2.40. The molecule has 32 heavy (non-hydrogen) atoms. The maximum absolute atomic E-state index is 13.1. The van der Waals surface area contributed by atoms with Crippen LogP contribution >= 0.6 is 23.2 Å². The van der Waals surface area contributed by atoms with Gasteiger partial charge in [-0.05, 0) is 80.7 Å². The van der Waals surface area contributed by atoms with Gasteiger partial charge >= 0.3 is 0 Å². The molecular weight excluding hydrogens is 469 g/mol. The average molecular weight is 496 g/mol. The number of aromatic nitrogens is 2. The van der Waals surface area contributed by atoms with Gasteiger partial charge in [0.1, 0.15) is 0 Å². The molecule has 0 unspecified atom stereocenters. The van der Waals surface area contributed by atoms with Crippen molar-refractivity contribution in [1.29, 1.82) is 0 Å². The van der Waals surface area contributed by atoms with Crippen LogP contribution in [0.1, 0.15) is 61.0 Å². The van der Waals surface area contributed by atoms with E-state index in [1.165, 1.54) is 12.8 Å². The van der Waals surface area contributed by atoms with E-state index in [1.54, 1.807) is 37.3 Å². The van der Waals surface area contributed by atoms with Crippen molar-refractivity contribution in [3.63, 3.8) is 0 Å². The number of hydrogen-bond donors (Lipinski definition) is 1. The Balaban J connectivity index is 1.44. The van der Waals surface area contributed by atoms with E-state index in [4.69, 9.17) is 23.2 Å². The predicted octanol–water partition coefficient (Wildman–Crippen LogP) is 5.02. The Hall–Kier alpha value is -1.70. The molecule has 2 fully saturated rings. The molecule has 4 rings (SSSR count). The van der Waals surface area contributed by atoms with Gasteiger partial charge in [0.25, 0.3) is 5.91 Å². The molecule has 0 aliphatic heterocycles. The number of nitrogens with one attached hydrogen (secondary N) is 1. The van der Waals surface area contributed by atoms with E-state index in [2.05, 4.69) is 15.5 Å². The number of carbonyl (C=O) groups excluding carboxylic acids is 1. The van der Waals surface area contributed by atoms with E-state index in [-0.39, 0.29) is 16.3 Å². The van der Waals surface area contributed by atoms with Crippen LogP contribution in [-0.4, -0.2) is 36.3 Å². The van der Waals surface area contributed by atoms with Crippen LogP contribution in [0, 0.1) is 18.3 Å². The maximum Gasteiger partial charge on any atom is 0.252 e. The van der Waals surface area contributed by atoms with Crippen LogP contribution in [0.15, 0.2) is 35.4 Å². The van der Waals surface area contributed by atoms with Gasteiger partial charge in [-0.3, -0.25) is 4.79 Å². The third kappa shape index (κ3) is 5.26. The molecule has 1 heterocycles. The second-order valence-corrected chi connectivity index (χ2v) is 12.2. The summed E-state index contributed by atoms with van der Waals surface area (Å²) in [6, 6.07) is 8.05. The number of carbonyl (C=O) groups is 1. The molecule has 0 radical (unpaired) electrons. The van der Waals surface area contributed by atoms with Gasteiger partial charge in [0.2, 0.25) is 0 Å². The van der Waals surface area contributed by atoms with Crippen LogP contribution < -0.4 is 5.32 Å². The van der Waals surface area contributed by atoms with Crippen LogP contribution in [-0.2, 0) is 9.84 Å². The molecule has 0 saturated heterocycles. The Kier molecular flexibility index (Phi) is 6.80. The number of aryl methyl sites for hydroxylation is 1. The molecule has 1 N–H and O–H groups in total. The van der Waals surface area contributed by atoms with Crippen LogP contribution in [0.4, 0.5) is 0 Å². The molecule has 1 aromatic heterocycles. The van der Waals surface area contributed by atoms with E-state index in [0.29, 0.717) is 46.6 Å². The molecule has 2 aromatic rings. The van der Waals surface area contributed by atoms with Crippen LogP contribution in [0.25, 0.3) is 0 Å². The highest BCUT2D eigenvalue weighted by Crippen LogP contribution is 2.48. The molecule has 172 valence electrons. The van der Waals surface area contributed by atoms with Gasteiger partial charge in [-0.2, -0.15) is 5.10 Å². The molecular formula is C23H27Cl2N3O3S. The molecule has 2 aliphatic rings. The standard InChI is InChI=1S/C23H27Cl2N3O3S/c1-15-2-7-21(28-27-15)32(30,31)18-8-10-23(11-9-18,13-16-3-4-16)14-26-22(29)19-6-5-17(24)12-20(19)25/h2,5-7,12,16,18H,3-4,8-11,13-14H2,1H3,(H,26,29). The number of rotatable bonds is 7. The van der Waals surface area contributed by atoms with Gasteiger partial charge in [-0.15, -0.1) is 5.10 Å². The zero-order valence-corrected chi connectivity index (χ0v) is 20.3. The Bertz CT molecular complexity index is 1090. The summed E-state index contributed by atoms with van der Waals surface area (Å²) < 4.78 is 26.1. The monoisotopic (exact) mass is 495 g/mol. The van der Waals surface area contributed by atoms with Gasteiger partial charge in [0.15, 0.2) is 14.9 Å². The van der Waals surface area contributed by atoms with Crippen LogP contribution in [0.2, 0.25) is 10.0 Å². The van der Waals surface area contributed by atoms with E-state index in [9.17, 15) is 13.2 Å². The third-order valence-electron chi connectivity index (χ3n) is 6.72. The molecule has 1 amide bonds. The first kappa shape index (κ1) is 23.5. The van der Waals surface area contributed by atoms with Crippen molar-refractivity contribution in [3.8, 4) is 0 Å². The summed E-state index contributed by atoms with van der Waals surface area (Å²) in [6.07, 6.45) is 6.05. The molecule has 9 heteroatoms. The summed E-state index contributed by atoms with van der Waals surface area (Å²) in [5, 5.41) is 11.3. The van der Waals surface area contributed by atoms with Crippen molar-refractivity contribution < 1.29 is 13.2 Å². The predicted molar refractivity (Wildman–Crippen MR) is 125 cm³/mol. The number of amides is 1. The van der Waals surface area contributed by atoms with Crippen LogP contribution in [0.3, 0.4) is 0 Å². The van der Waals surface area contributed by atoms with Crippen LogP contribution in [0.5, 0.6) is 0 Å². The first-order chi connectivity index (χ1) is 15.2. The van der Waals surface area contributed by atoms with Gasteiger partial charge in [-0.25, -0.2) is 8.42 Å². The molecule has 0 atom stereocenters. The number of hydrogen-bond acceptors (Lipinski definition) is 5. The topological polar surface area (TPSA) is 89.0 Å². The summed E-state index contributed by atoms with van der Waals surface area (Å²) in [4.78, 5) is 12.7. The second-order valence-electron chi connectivity index (χ2n) is 9.21. The van der Waals surface area contributed by atoms with Crippen molar-refractivity contribution in [2.45, 2.75) is 62.1 Å². The summed E-state index contributed by atoms with van der Waals surface area (Å²) in [7, 11) is -3.52. The SMILES string of the molecule is Cc1ccc(S(=O)(=O)C2CCC(CNC(=O)c3ccc(Cl)cc3Cl)(CC3CC3)CC2)nn1. The Morgan fingerprint density at radius 3 is 2.41 bits per heavy atom. The molecule has 2 saturated carbocycles. The minimum atomic E-state index is -3.52. The fraction of sp³-hybridized carbons (Fsp3) is 0.522. The molecule has 6 nitrogen and oxygen atoms in total. The third-order valence-corrected chi connectivity index (χ3v) is 9.41. The normalized spacial score (nSPS) is 23.7. The number of benzene rings is 1. The summed E-state index contributed by atoms with van der Waals surface area (Å²) in [5.41, 5.74) is 0.986. The lowest BCUT2D eigenvalue weighted by atomic mass is 9.70. The largest absolute Gasteiger partial charge is 0.351 e. The highest BCUT2D eigenvalue weighted by molar-refractivity contribution is 7.92. The van der Waals surface area contributed by atoms with E-state index in [1.807, 2.05) is 0 Å².